The molecule has 1 aliphatic heterocycles. The van der Waals surface area contributed by atoms with Gasteiger partial charge >= 0.3 is 6.03 Å². The van der Waals surface area contributed by atoms with Crippen LogP contribution in [-0.4, -0.2) is 50.1 Å². The average Bonchev–Trinajstić information content (AvgIpc) is 3.40. The fraction of sp³-hybridized carbons (Fsp3) is 0.261. The summed E-state index contributed by atoms with van der Waals surface area (Å²) in [7, 11) is 0. The van der Waals surface area contributed by atoms with E-state index in [1.165, 1.54) is 11.2 Å². The Balaban J connectivity index is 1.23. The Labute approximate surface area is 185 Å². The maximum absolute atomic E-state index is 12.6. The van der Waals surface area contributed by atoms with Crippen LogP contribution >= 0.6 is 0 Å². The second-order valence-corrected chi connectivity index (χ2v) is 7.60. The van der Waals surface area contributed by atoms with Crippen LogP contribution in [0.15, 0.2) is 67.3 Å². The fourth-order valence-corrected chi connectivity index (χ4v) is 3.56. The highest BCUT2D eigenvalue weighted by Crippen LogP contribution is 2.15. The topological polar surface area (TPSA) is 109 Å². The molecular formula is C23H24N6O3. The van der Waals surface area contributed by atoms with Crippen LogP contribution in [0, 0.1) is 0 Å². The fourth-order valence-electron chi connectivity index (χ4n) is 3.56. The number of imide groups is 1. The molecule has 9 nitrogen and oxygen atoms in total. The van der Waals surface area contributed by atoms with E-state index in [1.54, 1.807) is 11.0 Å². The Morgan fingerprint density at radius 2 is 1.81 bits per heavy atom. The van der Waals surface area contributed by atoms with Crippen LogP contribution in [0.3, 0.4) is 0 Å². The van der Waals surface area contributed by atoms with Crippen molar-refractivity contribution in [1.29, 1.82) is 0 Å². The van der Waals surface area contributed by atoms with Gasteiger partial charge in [-0.05, 0) is 36.1 Å². The zero-order valence-electron chi connectivity index (χ0n) is 17.5. The Morgan fingerprint density at radius 3 is 2.53 bits per heavy atom. The molecule has 0 aliphatic carbocycles. The number of nitrogens with one attached hydrogen (secondary N) is 2. The normalized spacial score (nSPS) is 15.6. The molecule has 32 heavy (non-hydrogen) atoms. The third kappa shape index (κ3) is 5.37. The molecule has 4 amide bonds. The number of carbonyl (C=O) groups is 3. The van der Waals surface area contributed by atoms with Crippen molar-refractivity contribution in [3.8, 4) is 0 Å². The van der Waals surface area contributed by atoms with Gasteiger partial charge in [0.25, 0.3) is 5.91 Å². The number of hydrogen-bond donors (Lipinski definition) is 2. The minimum atomic E-state index is -0.672. The minimum absolute atomic E-state index is 0.129. The summed E-state index contributed by atoms with van der Waals surface area (Å²) >= 11 is 0. The Hall–Kier alpha value is -4.01. The van der Waals surface area contributed by atoms with E-state index in [2.05, 4.69) is 20.7 Å². The van der Waals surface area contributed by atoms with E-state index >= 15 is 0 Å². The maximum atomic E-state index is 12.6. The number of amides is 4. The maximum Gasteiger partial charge on any atom is 0.324 e. The summed E-state index contributed by atoms with van der Waals surface area (Å²) in [4.78, 5) is 42.2. The highest BCUT2D eigenvalue weighted by atomic mass is 16.2. The van der Waals surface area contributed by atoms with Gasteiger partial charge in [0.15, 0.2) is 0 Å². The summed E-state index contributed by atoms with van der Waals surface area (Å²) in [5.74, 6) is -0.491. The lowest BCUT2D eigenvalue weighted by molar-refractivity contribution is -0.127. The number of carbonyl (C=O) groups excluding carboxylic acids is 3. The molecule has 2 heterocycles. The standard InChI is InChI=1S/C23H24N6O3/c30-21(26-19-8-6-18(7-9-19)14-28-16-24-15-25-28)11-10-20-22(31)29(23(32)27-20)13-12-17-4-2-1-3-5-17/h1-9,15-16,20H,10-14H2,(H,26,30)(H,27,32)/t20-/m0/s1. The SMILES string of the molecule is O=C(CC[C@@H]1NC(=O)N(CCc2ccccc2)C1=O)Nc1ccc(Cn2cncn2)cc1. The molecule has 4 rings (SSSR count). The second-order valence-electron chi connectivity index (χ2n) is 7.60. The van der Waals surface area contributed by atoms with Crippen LogP contribution in [-0.2, 0) is 22.6 Å². The van der Waals surface area contributed by atoms with Crippen molar-refractivity contribution in [2.75, 3.05) is 11.9 Å². The Bertz CT molecular complexity index is 1070. The highest BCUT2D eigenvalue weighted by molar-refractivity contribution is 6.04. The first-order valence-electron chi connectivity index (χ1n) is 10.5. The van der Waals surface area contributed by atoms with Crippen molar-refractivity contribution < 1.29 is 14.4 Å². The van der Waals surface area contributed by atoms with Crippen LogP contribution in [0.4, 0.5) is 10.5 Å². The molecule has 1 aliphatic rings. The minimum Gasteiger partial charge on any atom is -0.326 e. The number of urea groups is 1. The first kappa shape index (κ1) is 21.2. The zero-order valence-corrected chi connectivity index (χ0v) is 17.5. The molecule has 0 bridgehead atoms. The molecule has 9 heteroatoms. The molecular weight excluding hydrogens is 408 g/mol. The summed E-state index contributed by atoms with van der Waals surface area (Å²) in [6, 6.07) is 16.1. The first-order valence-corrected chi connectivity index (χ1v) is 10.5. The molecule has 1 fully saturated rings. The third-order valence-corrected chi connectivity index (χ3v) is 5.28. The number of benzene rings is 2. The van der Waals surface area contributed by atoms with Crippen molar-refractivity contribution in [1.82, 2.24) is 25.0 Å². The van der Waals surface area contributed by atoms with Crippen LogP contribution in [0.5, 0.6) is 0 Å². The van der Waals surface area contributed by atoms with Crippen molar-refractivity contribution in [3.05, 3.63) is 78.4 Å². The molecule has 0 spiro atoms. The molecule has 1 atom stereocenters. The summed E-state index contributed by atoms with van der Waals surface area (Å²) in [5.41, 5.74) is 2.76. The molecule has 2 aromatic carbocycles. The monoisotopic (exact) mass is 432 g/mol. The van der Waals surface area contributed by atoms with Gasteiger partial charge in [0.05, 0.1) is 6.54 Å². The Morgan fingerprint density at radius 1 is 1.03 bits per heavy atom. The van der Waals surface area contributed by atoms with Crippen LogP contribution < -0.4 is 10.6 Å². The van der Waals surface area contributed by atoms with Crippen molar-refractivity contribution in [2.24, 2.45) is 0 Å². The third-order valence-electron chi connectivity index (χ3n) is 5.28. The van der Waals surface area contributed by atoms with Crippen molar-refractivity contribution in [2.45, 2.75) is 31.8 Å². The first-order chi connectivity index (χ1) is 15.6. The smallest absolute Gasteiger partial charge is 0.324 e. The lowest BCUT2D eigenvalue weighted by Gasteiger charge is -2.13. The van der Waals surface area contributed by atoms with Gasteiger partial charge in [0, 0.05) is 18.7 Å². The van der Waals surface area contributed by atoms with E-state index in [1.807, 2.05) is 54.6 Å². The van der Waals surface area contributed by atoms with Crippen LogP contribution in [0.25, 0.3) is 0 Å². The van der Waals surface area contributed by atoms with Gasteiger partial charge in [-0.25, -0.2) is 14.5 Å². The van der Waals surface area contributed by atoms with Crippen molar-refractivity contribution >= 4 is 23.5 Å². The molecule has 3 aromatic rings. The second kappa shape index (κ2) is 9.86. The van der Waals surface area contributed by atoms with E-state index in [9.17, 15) is 14.4 Å². The molecule has 1 aromatic heterocycles. The van der Waals surface area contributed by atoms with E-state index < -0.39 is 12.1 Å². The quantitative estimate of drug-likeness (QED) is 0.504. The van der Waals surface area contributed by atoms with Crippen molar-refractivity contribution in [3.63, 3.8) is 0 Å². The summed E-state index contributed by atoms with van der Waals surface area (Å²) in [5, 5.41) is 9.57. The van der Waals surface area contributed by atoms with Gasteiger partial charge in [-0.15, -0.1) is 0 Å². The predicted molar refractivity (Wildman–Crippen MR) is 118 cm³/mol. The van der Waals surface area contributed by atoms with Gasteiger partial charge in [-0.2, -0.15) is 5.10 Å². The molecule has 2 N–H and O–H groups in total. The molecule has 164 valence electrons. The summed E-state index contributed by atoms with van der Waals surface area (Å²) < 4.78 is 1.71. The van der Waals surface area contributed by atoms with Crippen LogP contribution in [0.1, 0.15) is 24.0 Å². The molecule has 0 radical (unpaired) electrons. The zero-order chi connectivity index (χ0) is 22.3. The van der Waals surface area contributed by atoms with E-state index in [4.69, 9.17) is 0 Å². The largest absolute Gasteiger partial charge is 0.326 e. The van der Waals surface area contributed by atoms with E-state index in [0.29, 0.717) is 25.2 Å². The van der Waals surface area contributed by atoms with Gasteiger partial charge in [0.2, 0.25) is 5.91 Å². The molecule has 0 saturated carbocycles. The summed E-state index contributed by atoms with van der Waals surface area (Å²) in [6.07, 6.45) is 4.10. The average molecular weight is 432 g/mol. The number of anilines is 1. The lowest BCUT2D eigenvalue weighted by atomic mass is 10.1. The number of aromatic nitrogens is 3. The van der Waals surface area contributed by atoms with Gasteiger partial charge in [-0.3, -0.25) is 14.5 Å². The number of rotatable bonds is 9. The molecule has 1 saturated heterocycles. The summed E-state index contributed by atoms with van der Waals surface area (Å²) in [6.45, 7) is 0.913. The number of nitrogens with zero attached hydrogens (tertiary/aromatic N) is 4. The lowest BCUT2D eigenvalue weighted by Crippen LogP contribution is -2.33. The molecule has 0 unspecified atom stereocenters. The van der Waals surface area contributed by atoms with Gasteiger partial charge in [-0.1, -0.05) is 42.5 Å². The number of hydrogen-bond acceptors (Lipinski definition) is 5. The Kier molecular flexibility index (Phi) is 6.54. The van der Waals surface area contributed by atoms with Gasteiger partial charge < -0.3 is 10.6 Å². The van der Waals surface area contributed by atoms with E-state index in [0.717, 1.165) is 11.1 Å². The van der Waals surface area contributed by atoms with Gasteiger partial charge in [0.1, 0.15) is 18.7 Å². The van der Waals surface area contributed by atoms with E-state index in [-0.39, 0.29) is 24.7 Å². The predicted octanol–water partition coefficient (Wildman–Crippen LogP) is 2.21. The van der Waals surface area contributed by atoms with Crippen LogP contribution in [0.2, 0.25) is 0 Å². The highest BCUT2D eigenvalue weighted by Gasteiger charge is 2.37.